The first-order chi connectivity index (χ1) is 10.0. The Balaban J connectivity index is 2.11. The summed E-state index contributed by atoms with van der Waals surface area (Å²) in [5.41, 5.74) is 11.3. The van der Waals surface area contributed by atoms with Crippen LogP contribution in [0.2, 0.25) is 0 Å². The minimum absolute atomic E-state index is 0.156. The molecule has 112 valence electrons. The number of thioether (sulfide) groups is 1. The lowest BCUT2D eigenvalue weighted by atomic mass is 10.1. The van der Waals surface area contributed by atoms with Crippen LogP contribution in [0.1, 0.15) is 21.7 Å². The number of halogens is 1. The molecule has 0 saturated carbocycles. The molecule has 0 aliphatic heterocycles. The molecule has 0 atom stereocenters. The van der Waals surface area contributed by atoms with Gasteiger partial charge in [0.05, 0.1) is 0 Å². The highest BCUT2D eigenvalue weighted by molar-refractivity contribution is 7.98. The van der Waals surface area contributed by atoms with Crippen molar-refractivity contribution in [2.24, 2.45) is 11.5 Å². The highest BCUT2D eigenvalue weighted by Gasteiger charge is 2.11. The standard InChI is InChI=1S/C13H16FN5OS/c1-8-17-18-13(19(8)5-4-15)21-7-10-3-2-9(12(16)20)6-11(10)14/h2-3,6H,4-5,7,15H2,1H3,(H2,16,20). The average molecular weight is 309 g/mol. The van der Waals surface area contributed by atoms with Crippen LogP contribution in [-0.2, 0) is 12.3 Å². The summed E-state index contributed by atoms with van der Waals surface area (Å²) in [5, 5.41) is 8.73. The molecule has 0 aliphatic carbocycles. The molecule has 1 aromatic carbocycles. The summed E-state index contributed by atoms with van der Waals surface area (Å²) >= 11 is 1.37. The second-order valence-corrected chi connectivity index (χ2v) is 5.37. The normalized spacial score (nSPS) is 10.8. The van der Waals surface area contributed by atoms with Crippen LogP contribution in [0.3, 0.4) is 0 Å². The Morgan fingerprint density at radius 1 is 1.43 bits per heavy atom. The third kappa shape index (κ3) is 3.59. The van der Waals surface area contributed by atoms with Gasteiger partial charge in [0.2, 0.25) is 5.91 Å². The Bertz CT molecular complexity index is 658. The SMILES string of the molecule is Cc1nnc(SCc2ccc(C(N)=O)cc2F)n1CCN. The van der Waals surface area contributed by atoms with Crippen molar-refractivity contribution >= 4 is 17.7 Å². The number of carbonyl (C=O) groups is 1. The Kier molecular flexibility index (Phi) is 4.92. The van der Waals surface area contributed by atoms with Crippen LogP contribution < -0.4 is 11.5 Å². The van der Waals surface area contributed by atoms with Crippen LogP contribution in [-0.4, -0.2) is 27.2 Å². The molecule has 1 aromatic heterocycles. The third-order valence-corrected chi connectivity index (χ3v) is 3.96. The van der Waals surface area contributed by atoms with E-state index >= 15 is 0 Å². The van der Waals surface area contributed by atoms with Gasteiger partial charge in [-0.2, -0.15) is 0 Å². The van der Waals surface area contributed by atoms with E-state index in [2.05, 4.69) is 10.2 Å². The molecule has 0 radical (unpaired) electrons. The largest absolute Gasteiger partial charge is 0.366 e. The molecule has 0 bridgehead atoms. The van der Waals surface area contributed by atoms with Crippen LogP contribution in [0.4, 0.5) is 4.39 Å². The lowest BCUT2D eigenvalue weighted by Crippen LogP contribution is -2.12. The fraction of sp³-hybridized carbons (Fsp3) is 0.308. The molecule has 0 unspecified atom stereocenters. The maximum Gasteiger partial charge on any atom is 0.248 e. The van der Waals surface area contributed by atoms with Crippen molar-refractivity contribution in [2.75, 3.05) is 6.54 Å². The molecule has 4 N–H and O–H groups in total. The zero-order chi connectivity index (χ0) is 15.4. The molecule has 6 nitrogen and oxygen atoms in total. The summed E-state index contributed by atoms with van der Waals surface area (Å²) in [4.78, 5) is 11.0. The van der Waals surface area contributed by atoms with E-state index in [-0.39, 0.29) is 5.56 Å². The number of nitrogens with zero attached hydrogens (tertiary/aromatic N) is 3. The van der Waals surface area contributed by atoms with Crippen molar-refractivity contribution in [3.05, 3.63) is 41.0 Å². The molecule has 21 heavy (non-hydrogen) atoms. The molecule has 2 rings (SSSR count). The summed E-state index contributed by atoms with van der Waals surface area (Å²) in [5.74, 6) is 0.0486. The molecular weight excluding hydrogens is 293 g/mol. The van der Waals surface area contributed by atoms with Gasteiger partial charge >= 0.3 is 0 Å². The van der Waals surface area contributed by atoms with Crippen molar-refractivity contribution in [2.45, 2.75) is 24.4 Å². The molecule has 1 amide bonds. The Labute approximate surface area is 125 Å². The molecule has 2 aromatic rings. The molecule has 1 heterocycles. The predicted molar refractivity (Wildman–Crippen MR) is 78.3 cm³/mol. The van der Waals surface area contributed by atoms with Gasteiger partial charge in [-0.1, -0.05) is 17.8 Å². The summed E-state index contributed by atoms with van der Waals surface area (Å²) < 4.78 is 15.8. The maximum atomic E-state index is 13.9. The summed E-state index contributed by atoms with van der Waals surface area (Å²) in [6.07, 6.45) is 0. The molecular formula is C13H16FN5OS. The monoisotopic (exact) mass is 309 g/mol. The van der Waals surface area contributed by atoms with Gasteiger partial charge in [-0.15, -0.1) is 10.2 Å². The van der Waals surface area contributed by atoms with E-state index < -0.39 is 11.7 Å². The molecule has 0 saturated heterocycles. The van der Waals surface area contributed by atoms with Crippen LogP contribution in [0.5, 0.6) is 0 Å². The van der Waals surface area contributed by atoms with Gasteiger partial charge in [0.15, 0.2) is 5.16 Å². The van der Waals surface area contributed by atoms with Gasteiger partial charge in [-0.25, -0.2) is 4.39 Å². The highest BCUT2D eigenvalue weighted by atomic mass is 32.2. The number of aryl methyl sites for hydroxylation is 1. The van der Waals surface area contributed by atoms with E-state index in [4.69, 9.17) is 11.5 Å². The summed E-state index contributed by atoms with van der Waals surface area (Å²) in [6.45, 7) is 2.94. The van der Waals surface area contributed by atoms with E-state index in [1.165, 1.54) is 17.8 Å². The lowest BCUT2D eigenvalue weighted by molar-refractivity contribution is 0.1000. The number of aromatic nitrogens is 3. The van der Waals surface area contributed by atoms with Crippen molar-refractivity contribution < 1.29 is 9.18 Å². The summed E-state index contributed by atoms with van der Waals surface area (Å²) in [6, 6.07) is 4.21. The van der Waals surface area contributed by atoms with Crippen LogP contribution in [0.15, 0.2) is 23.4 Å². The van der Waals surface area contributed by atoms with E-state index in [1.807, 2.05) is 11.5 Å². The molecule has 8 heteroatoms. The minimum atomic E-state index is -0.647. The first kappa shape index (κ1) is 15.5. The topological polar surface area (TPSA) is 99.8 Å². The van der Waals surface area contributed by atoms with Crippen LogP contribution in [0, 0.1) is 12.7 Å². The van der Waals surface area contributed by atoms with Crippen molar-refractivity contribution in [3.8, 4) is 0 Å². The summed E-state index contributed by atoms with van der Waals surface area (Å²) in [7, 11) is 0. The molecule has 0 aliphatic rings. The Morgan fingerprint density at radius 3 is 2.81 bits per heavy atom. The van der Waals surface area contributed by atoms with E-state index in [9.17, 15) is 9.18 Å². The van der Waals surface area contributed by atoms with Crippen LogP contribution in [0.25, 0.3) is 0 Å². The number of amides is 1. The molecule has 0 fully saturated rings. The van der Waals surface area contributed by atoms with E-state index in [1.54, 1.807) is 6.07 Å². The first-order valence-corrected chi connectivity index (χ1v) is 7.32. The number of carbonyl (C=O) groups excluding carboxylic acids is 1. The number of nitrogens with two attached hydrogens (primary N) is 2. The third-order valence-electron chi connectivity index (χ3n) is 2.95. The number of primary amides is 1. The minimum Gasteiger partial charge on any atom is -0.366 e. The van der Waals surface area contributed by atoms with Gasteiger partial charge in [0.25, 0.3) is 0 Å². The van der Waals surface area contributed by atoms with E-state index in [0.29, 0.717) is 29.6 Å². The number of rotatable bonds is 6. The smallest absolute Gasteiger partial charge is 0.248 e. The van der Waals surface area contributed by atoms with E-state index in [0.717, 1.165) is 11.9 Å². The number of hydrogen-bond donors (Lipinski definition) is 2. The second kappa shape index (κ2) is 6.68. The maximum absolute atomic E-state index is 13.9. The van der Waals surface area contributed by atoms with Gasteiger partial charge in [-0.3, -0.25) is 4.79 Å². The fourth-order valence-electron chi connectivity index (χ4n) is 1.81. The Hall–Kier alpha value is -1.93. The average Bonchev–Trinajstić information content (AvgIpc) is 2.79. The highest BCUT2D eigenvalue weighted by Crippen LogP contribution is 2.23. The fourth-order valence-corrected chi connectivity index (χ4v) is 2.81. The lowest BCUT2D eigenvalue weighted by Gasteiger charge is -2.07. The van der Waals surface area contributed by atoms with Gasteiger partial charge in [0, 0.05) is 24.4 Å². The molecule has 0 spiro atoms. The number of benzene rings is 1. The predicted octanol–water partition coefficient (Wildman–Crippen LogP) is 1.08. The second-order valence-electron chi connectivity index (χ2n) is 4.43. The first-order valence-electron chi connectivity index (χ1n) is 6.34. The zero-order valence-corrected chi connectivity index (χ0v) is 12.4. The Morgan fingerprint density at radius 2 is 2.19 bits per heavy atom. The quantitative estimate of drug-likeness (QED) is 0.778. The van der Waals surface area contributed by atoms with Crippen molar-refractivity contribution in [1.29, 1.82) is 0 Å². The number of hydrogen-bond acceptors (Lipinski definition) is 5. The zero-order valence-electron chi connectivity index (χ0n) is 11.5. The van der Waals surface area contributed by atoms with Crippen molar-refractivity contribution in [3.63, 3.8) is 0 Å². The van der Waals surface area contributed by atoms with Gasteiger partial charge in [-0.05, 0) is 24.6 Å². The van der Waals surface area contributed by atoms with Gasteiger partial charge in [0.1, 0.15) is 11.6 Å². The van der Waals surface area contributed by atoms with Gasteiger partial charge < -0.3 is 16.0 Å². The van der Waals surface area contributed by atoms with Crippen molar-refractivity contribution in [1.82, 2.24) is 14.8 Å². The van der Waals surface area contributed by atoms with Crippen LogP contribution >= 0.6 is 11.8 Å².